The first-order valence-electron chi connectivity index (χ1n) is 10.6. The van der Waals surface area contributed by atoms with Gasteiger partial charge in [-0.1, -0.05) is 18.2 Å². The van der Waals surface area contributed by atoms with Crippen LogP contribution < -0.4 is 15.4 Å². The molecule has 1 unspecified atom stereocenters. The minimum atomic E-state index is -3.58. The summed E-state index contributed by atoms with van der Waals surface area (Å²) in [7, 11) is -2.05. The highest BCUT2D eigenvalue weighted by Crippen LogP contribution is 2.23. The van der Waals surface area contributed by atoms with Crippen LogP contribution >= 0.6 is 0 Å². The van der Waals surface area contributed by atoms with Gasteiger partial charge in [-0.05, 0) is 56.2 Å². The van der Waals surface area contributed by atoms with Crippen LogP contribution in [0.1, 0.15) is 36.5 Å². The fraction of sp³-hybridized carbons (Fsp3) is 0.391. The molecule has 172 valence electrons. The lowest BCUT2D eigenvalue weighted by Crippen LogP contribution is -2.47. The highest BCUT2D eigenvalue weighted by molar-refractivity contribution is 7.89. The first-order chi connectivity index (χ1) is 15.3. The Morgan fingerprint density at radius 1 is 1.06 bits per heavy atom. The van der Waals surface area contributed by atoms with Gasteiger partial charge in [0.15, 0.2) is 0 Å². The second-order valence-corrected chi connectivity index (χ2v) is 9.80. The molecule has 1 aliphatic rings. The summed E-state index contributed by atoms with van der Waals surface area (Å²) in [6.07, 6.45) is 1.22. The molecular weight excluding hydrogens is 430 g/mol. The van der Waals surface area contributed by atoms with Gasteiger partial charge < -0.3 is 15.4 Å². The maximum absolute atomic E-state index is 12.8. The van der Waals surface area contributed by atoms with E-state index in [4.69, 9.17) is 4.74 Å². The van der Waals surface area contributed by atoms with Gasteiger partial charge in [-0.3, -0.25) is 9.59 Å². The van der Waals surface area contributed by atoms with Crippen molar-refractivity contribution in [2.24, 2.45) is 0 Å². The molecule has 0 saturated carbocycles. The van der Waals surface area contributed by atoms with Crippen molar-refractivity contribution in [3.63, 3.8) is 0 Å². The van der Waals surface area contributed by atoms with Gasteiger partial charge in [-0.25, -0.2) is 8.42 Å². The van der Waals surface area contributed by atoms with Crippen molar-refractivity contribution in [1.82, 2.24) is 14.9 Å². The number of sulfonamides is 1. The van der Waals surface area contributed by atoms with Gasteiger partial charge in [0.1, 0.15) is 5.75 Å². The maximum Gasteiger partial charge on any atom is 0.251 e. The van der Waals surface area contributed by atoms with Gasteiger partial charge in [0.25, 0.3) is 5.91 Å². The van der Waals surface area contributed by atoms with Crippen LogP contribution in [0.2, 0.25) is 0 Å². The Morgan fingerprint density at radius 3 is 2.28 bits per heavy atom. The first kappa shape index (κ1) is 23.7. The van der Waals surface area contributed by atoms with Gasteiger partial charge >= 0.3 is 0 Å². The van der Waals surface area contributed by atoms with Gasteiger partial charge in [-0.2, -0.15) is 4.31 Å². The third-order valence-corrected chi connectivity index (χ3v) is 7.33. The molecular formula is C23H29N3O5S. The molecule has 8 nitrogen and oxygen atoms in total. The number of carbonyl (C=O) groups excluding carboxylic acids is 2. The molecule has 1 fully saturated rings. The van der Waals surface area contributed by atoms with Crippen LogP contribution in [0.3, 0.4) is 0 Å². The summed E-state index contributed by atoms with van der Waals surface area (Å²) in [5.41, 5.74) is 0.546. The zero-order chi connectivity index (χ0) is 23.1. The quantitative estimate of drug-likeness (QED) is 0.630. The van der Waals surface area contributed by atoms with Crippen LogP contribution in [0.4, 0.5) is 0 Å². The second kappa shape index (κ2) is 10.6. The van der Waals surface area contributed by atoms with E-state index in [0.29, 0.717) is 37.2 Å². The molecule has 2 aromatic rings. The molecule has 1 aliphatic heterocycles. The molecule has 0 bridgehead atoms. The van der Waals surface area contributed by atoms with E-state index in [1.54, 1.807) is 43.3 Å². The number of ether oxygens (including phenoxy) is 1. The molecule has 0 aromatic heterocycles. The summed E-state index contributed by atoms with van der Waals surface area (Å²) in [5.74, 6) is 0.213. The highest BCUT2D eigenvalue weighted by atomic mass is 32.2. The molecule has 32 heavy (non-hydrogen) atoms. The average Bonchev–Trinajstić information content (AvgIpc) is 2.79. The first-order valence-corrected chi connectivity index (χ1v) is 12.0. The standard InChI is InChI=1S/C23H29N3O5S/c1-17(24-23(28)18-6-4-3-5-7-18)16-22(27)25-19-12-14-26(15-13-19)32(29,30)21-10-8-20(31-2)9-11-21/h3-11,17,19H,12-16H2,1-2H3,(H,24,28)(H,25,27). The lowest BCUT2D eigenvalue weighted by Gasteiger charge is -2.31. The smallest absolute Gasteiger partial charge is 0.251 e. The molecule has 2 amide bonds. The van der Waals surface area contributed by atoms with Crippen LogP contribution in [0.5, 0.6) is 5.75 Å². The number of hydrogen-bond acceptors (Lipinski definition) is 5. The van der Waals surface area contributed by atoms with Gasteiger partial charge in [0.2, 0.25) is 15.9 Å². The lowest BCUT2D eigenvalue weighted by atomic mass is 10.1. The number of carbonyl (C=O) groups is 2. The molecule has 0 radical (unpaired) electrons. The Labute approximate surface area is 189 Å². The molecule has 1 saturated heterocycles. The number of methoxy groups -OCH3 is 1. The molecule has 2 aromatic carbocycles. The average molecular weight is 460 g/mol. The van der Waals surface area contributed by atoms with E-state index in [1.165, 1.54) is 23.5 Å². The minimum Gasteiger partial charge on any atom is -0.497 e. The van der Waals surface area contributed by atoms with E-state index in [0.717, 1.165) is 0 Å². The van der Waals surface area contributed by atoms with E-state index in [9.17, 15) is 18.0 Å². The summed E-state index contributed by atoms with van der Waals surface area (Å²) in [5, 5.41) is 5.78. The maximum atomic E-state index is 12.8. The van der Waals surface area contributed by atoms with E-state index in [-0.39, 0.29) is 35.2 Å². The molecule has 3 rings (SSSR count). The van der Waals surface area contributed by atoms with Crippen LogP contribution in [0.25, 0.3) is 0 Å². The molecule has 0 spiro atoms. The number of rotatable bonds is 8. The lowest BCUT2D eigenvalue weighted by molar-refractivity contribution is -0.122. The molecule has 2 N–H and O–H groups in total. The van der Waals surface area contributed by atoms with Gasteiger partial charge in [-0.15, -0.1) is 0 Å². The van der Waals surface area contributed by atoms with E-state index < -0.39 is 10.0 Å². The monoisotopic (exact) mass is 459 g/mol. The summed E-state index contributed by atoms with van der Waals surface area (Å²) in [6, 6.07) is 14.7. The zero-order valence-electron chi connectivity index (χ0n) is 18.3. The fourth-order valence-corrected chi connectivity index (χ4v) is 5.12. The molecule has 1 heterocycles. The Hall–Kier alpha value is -2.91. The van der Waals surface area contributed by atoms with Crippen molar-refractivity contribution >= 4 is 21.8 Å². The van der Waals surface area contributed by atoms with Crippen molar-refractivity contribution in [2.45, 2.75) is 43.2 Å². The topological polar surface area (TPSA) is 105 Å². The number of amides is 2. The molecule has 0 aliphatic carbocycles. The molecule has 9 heteroatoms. The Morgan fingerprint density at radius 2 is 1.69 bits per heavy atom. The van der Waals surface area contributed by atoms with E-state index >= 15 is 0 Å². The number of nitrogens with one attached hydrogen (secondary N) is 2. The third kappa shape index (κ3) is 6.08. The minimum absolute atomic E-state index is 0.0955. The third-order valence-electron chi connectivity index (χ3n) is 5.42. The predicted molar refractivity (Wildman–Crippen MR) is 121 cm³/mol. The van der Waals surface area contributed by atoms with Gasteiger partial charge in [0.05, 0.1) is 12.0 Å². The zero-order valence-corrected chi connectivity index (χ0v) is 19.1. The SMILES string of the molecule is COc1ccc(S(=O)(=O)N2CCC(NC(=O)CC(C)NC(=O)c3ccccc3)CC2)cc1. The van der Waals surface area contributed by atoms with Crippen molar-refractivity contribution in [2.75, 3.05) is 20.2 Å². The highest BCUT2D eigenvalue weighted by Gasteiger charge is 2.30. The summed E-state index contributed by atoms with van der Waals surface area (Å²) < 4.78 is 32.2. The second-order valence-electron chi connectivity index (χ2n) is 7.87. The number of hydrogen-bond donors (Lipinski definition) is 2. The Kier molecular flexibility index (Phi) is 7.87. The van der Waals surface area contributed by atoms with Crippen molar-refractivity contribution in [3.05, 3.63) is 60.2 Å². The Bertz CT molecular complexity index is 1020. The Balaban J connectivity index is 1.45. The summed E-state index contributed by atoms with van der Waals surface area (Å²) in [6.45, 7) is 2.45. The van der Waals surface area contributed by atoms with E-state index in [2.05, 4.69) is 10.6 Å². The normalized spacial score (nSPS) is 16.2. The van der Waals surface area contributed by atoms with E-state index in [1.807, 2.05) is 6.07 Å². The van der Waals surface area contributed by atoms with Crippen molar-refractivity contribution < 1.29 is 22.7 Å². The summed E-state index contributed by atoms with van der Waals surface area (Å²) >= 11 is 0. The van der Waals surface area contributed by atoms with Crippen LogP contribution in [-0.2, 0) is 14.8 Å². The number of piperidine rings is 1. The number of nitrogens with zero attached hydrogens (tertiary/aromatic N) is 1. The fourth-order valence-electron chi connectivity index (χ4n) is 3.65. The number of benzene rings is 2. The summed E-state index contributed by atoms with van der Waals surface area (Å²) in [4.78, 5) is 24.8. The van der Waals surface area contributed by atoms with Crippen molar-refractivity contribution in [3.8, 4) is 5.75 Å². The van der Waals surface area contributed by atoms with Crippen LogP contribution in [0, 0.1) is 0 Å². The predicted octanol–water partition coefficient (Wildman–Crippen LogP) is 2.17. The van der Waals surface area contributed by atoms with Crippen molar-refractivity contribution in [1.29, 1.82) is 0 Å². The van der Waals surface area contributed by atoms with Crippen LogP contribution in [0.15, 0.2) is 59.5 Å². The molecule has 1 atom stereocenters. The largest absolute Gasteiger partial charge is 0.497 e. The van der Waals surface area contributed by atoms with Crippen LogP contribution in [-0.4, -0.2) is 56.8 Å². The van der Waals surface area contributed by atoms with Gasteiger partial charge in [0, 0.05) is 37.2 Å².